The van der Waals surface area contributed by atoms with Crippen LogP contribution in [0.2, 0.25) is 5.02 Å². The van der Waals surface area contributed by atoms with E-state index in [4.69, 9.17) is 26.2 Å². The number of hydrogen-bond acceptors (Lipinski definition) is 4. The summed E-state index contributed by atoms with van der Waals surface area (Å²) < 4.78 is 25.6. The molecule has 21 heavy (non-hydrogen) atoms. The Bertz CT molecular complexity index is 699. The highest BCUT2D eigenvalue weighted by atomic mass is 35.5. The van der Waals surface area contributed by atoms with Gasteiger partial charge in [0, 0.05) is 5.02 Å². The van der Waals surface area contributed by atoms with Gasteiger partial charge in [0.2, 0.25) is 5.88 Å². The molecule has 0 amide bonds. The highest BCUT2D eigenvalue weighted by Crippen LogP contribution is 2.32. The van der Waals surface area contributed by atoms with E-state index in [1.807, 2.05) is 0 Å². The van der Waals surface area contributed by atoms with Crippen LogP contribution in [0.5, 0.6) is 11.6 Å². The summed E-state index contributed by atoms with van der Waals surface area (Å²) in [5.74, 6) is -2.04. The smallest absolute Gasteiger partial charge is 0.342 e. The van der Waals surface area contributed by atoms with E-state index in [2.05, 4.69) is 5.10 Å². The van der Waals surface area contributed by atoms with E-state index in [0.29, 0.717) is 13.2 Å². The molecular weight excluding hydrogens is 303 g/mol. The first kappa shape index (κ1) is 13.8. The molecule has 1 aromatic heterocycles. The summed E-state index contributed by atoms with van der Waals surface area (Å²) in [7, 11) is 0. The predicted molar refractivity (Wildman–Crippen MR) is 70.5 cm³/mol. The first-order chi connectivity index (χ1) is 10.1. The Labute approximate surface area is 123 Å². The number of aromatic nitrogens is 2. The fourth-order valence-electron chi connectivity index (χ4n) is 1.89. The monoisotopic (exact) mass is 312 g/mol. The van der Waals surface area contributed by atoms with Gasteiger partial charge < -0.3 is 14.6 Å². The van der Waals surface area contributed by atoms with Crippen LogP contribution >= 0.6 is 11.6 Å². The summed E-state index contributed by atoms with van der Waals surface area (Å²) >= 11 is 5.67. The second-order valence-corrected chi connectivity index (χ2v) is 4.92. The Kier molecular flexibility index (Phi) is 3.52. The summed E-state index contributed by atoms with van der Waals surface area (Å²) in [6.07, 6.45) is 1.17. The third-order valence-corrected chi connectivity index (χ3v) is 3.28. The Morgan fingerprint density at radius 3 is 2.86 bits per heavy atom. The highest BCUT2D eigenvalue weighted by Gasteiger charge is 2.29. The van der Waals surface area contributed by atoms with E-state index >= 15 is 0 Å². The van der Waals surface area contributed by atoms with Crippen LogP contribution in [-0.2, 0) is 4.74 Å². The SMILES string of the molecule is O=C(O)c1cnn(C2COC2)c1Oc1ccc(Cl)cc1F. The summed E-state index contributed by atoms with van der Waals surface area (Å²) in [6, 6.07) is 3.75. The average Bonchev–Trinajstić information content (AvgIpc) is 2.74. The van der Waals surface area contributed by atoms with Crippen molar-refractivity contribution >= 4 is 17.6 Å². The molecule has 2 aromatic rings. The summed E-state index contributed by atoms with van der Waals surface area (Å²) in [4.78, 5) is 11.2. The van der Waals surface area contributed by atoms with Crippen molar-refractivity contribution in [3.8, 4) is 11.6 Å². The van der Waals surface area contributed by atoms with Crippen molar-refractivity contribution in [3.05, 3.63) is 40.8 Å². The Balaban J connectivity index is 1.99. The molecule has 1 saturated heterocycles. The van der Waals surface area contributed by atoms with Crippen LogP contribution in [0.25, 0.3) is 0 Å². The molecule has 1 aliphatic rings. The van der Waals surface area contributed by atoms with Crippen LogP contribution in [0.4, 0.5) is 4.39 Å². The van der Waals surface area contributed by atoms with Gasteiger partial charge in [-0.25, -0.2) is 13.9 Å². The van der Waals surface area contributed by atoms with E-state index in [9.17, 15) is 9.18 Å². The van der Waals surface area contributed by atoms with Crippen LogP contribution < -0.4 is 4.74 Å². The minimum absolute atomic E-state index is 0.0305. The molecule has 0 atom stereocenters. The Morgan fingerprint density at radius 1 is 1.52 bits per heavy atom. The molecule has 0 aliphatic carbocycles. The van der Waals surface area contributed by atoms with Gasteiger partial charge in [-0.3, -0.25) is 0 Å². The Hall–Kier alpha value is -2.12. The van der Waals surface area contributed by atoms with Gasteiger partial charge in [0.25, 0.3) is 0 Å². The second-order valence-electron chi connectivity index (χ2n) is 4.48. The first-order valence-corrected chi connectivity index (χ1v) is 6.45. The number of carboxylic acids is 1. The van der Waals surface area contributed by atoms with Crippen molar-refractivity contribution in [1.29, 1.82) is 0 Å². The molecule has 1 fully saturated rings. The number of benzene rings is 1. The van der Waals surface area contributed by atoms with E-state index in [0.717, 1.165) is 6.07 Å². The van der Waals surface area contributed by atoms with E-state index in [1.165, 1.54) is 23.0 Å². The molecule has 1 aliphatic heterocycles. The molecule has 0 spiro atoms. The molecular formula is C13H10ClFN2O4. The van der Waals surface area contributed by atoms with Crippen LogP contribution in [-0.4, -0.2) is 34.1 Å². The second kappa shape index (κ2) is 5.34. The maximum atomic E-state index is 13.8. The molecule has 6 nitrogen and oxygen atoms in total. The topological polar surface area (TPSA) is 73.6 Å². The fourth-order valence-corrected chi connectivity index (χ4v) is 2.04. The molecule has 0 radical (unpaired) electrons. The molecule has 0 unspecified atom stereocenters. The lowest BCUT2D eigenvalue weighted by Gasteiger charge is -2.27. The summed E-state index contributed by atoms with van der Waals surface area (Å²) in [5.41, 5.74) is -0.142. The van der Waals surface area contributed by atoms with Crippen molar-refractivity contribution in [1.82, 2.24) is 9.78 Å². The molecule has 2 heterocycles. The molecule has 1 aromatic carbocycles. The minimum Gasteiger partial charge on any atom is -0.477 e. The molecule has 8 heteroatoms. The zero-order valence-electron chi connectivity index (χ0n) is 10.6. The van der Waals surface area contributed by atoms with E-state index in [-0.39, 0.29) is 28.3 Å². The van der Waals surface area contributed by atoms with Crippen LogP contribution in [0.1, 0.15) is 16.4 Å². The maximum absolute atomic E-state index is 13.8. The zero-order valence-corrected chi connectivity index (χ0v) is 11.4. The number of rotatable bonds is 4. The predicted octanol–water partition coefficient (Wildman–Crippen LogP) is 2.74. The number of nitrogens with zero attached hydrogens (tertiary/aromatic N) is 2. The fraction of sp³-hybridized carbons (Fsp3) is 0.231. The zero-order chi connectivity index (χ0) is 15.0. The third-order valence-electron chi connectivity index (χ3n) is 3.05. The van der Waals surface area contributed by atoms with E-state index < -0.39 is 11.8 Å². The summed E-state index contributed by atoms with van der Waals surface area (Å²) in [6.45, 7) is 0.806. The number of hydrogen-bond donors (Lipinski definition) is 1. The quantitative estimate of drug-likeness (QED) is 0.939. The number of halogens is 2. The van der Waals surface area contributed by atoms with Gasteiger partial charge in [-0.05, 0) is 18.2 Å². The standard InChI is InChI=1S/C13H10ClFN2O4/c14-7-1-2-11(10(15)3-7)21-12-9(13(18)19)4-16-17(12)8-5-20-6-8/h1-4,8H,5-6H2,(H,18,19). The first-order valence-electron chi connectivity index (χ1n) is 6.07. The number of ether oxygens (including phenoxy) is 2. The lowest BCUT2D eigenvalue weighted by atomic mass is 10.2. The van der Waals surface area contributed by atoms with Gasteiger partial charge in [-0.2, -0.15) is 5.10 Å². The van der Waals surface area contributed by atoms with Gasteiger partial charge in [-0.1, -0.05) is 11.6 Å². The average molecular weight is 313 g/mol. The van der Waals surface area contributed by atoms with Crippen molar-refractivity contribution in [2.75, 3.05) is 13.2 Å². The Morgan fingerprint density at radius 2 is 2.29 bits per heavy atom. The number of aromatic carboxylic acids is 1. The minimum atomic E-state index is -1.20. The number of carbonyl (C=O) groups is 1. The van der Waals surface area contributed by atoms with Gasteiger partial charge >= 0.3 is 5.97 Å². The van der Waals surface area contributed by atoms with Gasteiger partial charge in [0.1, 0.15) is 11.6 Å². The molecule has 3 rings (SSSR count). The molecule has 110 valence electrons. The largest absolute Gasteiger partial charge is 0.477 e. The van der Waals surface area contributed by atoms with Crippen molar-refractivity contribution in [3.63, 3.8) is 0 Å². The van der Waals surface area contributed by atoms with Crippen LogP contribution in [0, 0.1) is 5.82 Å². The molecule has 1 N–H and O–H groups in total. The van der Waals surface area contributed by atoms with Crippen molar-refractivity contribution in [2.24, 2.45) is 0 Å². The number of carboxylic acid groups (broad SMARTS) is 1. The molecule has 0 bridgehead atoms. The lowest BCUT2D eigenvalue weighted by Crippen LogP contribution is -2.31. The maximum Gasteiger partial charge on any atom is 0.342 e. The lowest BCUT2D eigenvalue weighted by molar-refractivity contribution is -0.0311. The molecule has 0 saturated carbocycles. The van der Waals surface area contributed by atoms with Crippen molar-refractivity contribution < 1.29 is 23.8 Å². The van der Waals surface area contributed by atoms with Gasteiger partial charge in [0.15, 0.2) is 11.6 Å². The van der Waals surface area contributed by atoms with Crippen molar-refractivity contribution in [2.45, 2.75) is 6.04 Å². The van der Waals surface area contributed by atoms with Crippen LogP contribution in [0.3, 0.4) is 0 Å². The third kappa shape index (κ3) is 2.57. The highest BCUT2D eigenvalue weighted by molar-refractivity contribution is 6.30. The van der Waals surface area contributed by atoms with Gasteiger partial charge in [0.05, 0.1) is 19.4 Å². The normalized spacial score (nSPS) is 14.8. The van der Waals surface area contributed by atoms with Crippen LogP contribution in [0.15, 0.2) is 24.4 Å². The summed E-state index contributed by atoms with van der Waals surface area (Å²) in [5, 5.41) is 13.4. The van der Waals surface area contributed by atoms with E-state index in [1.54, 1.807) is 0 Å². The van der Waals surface area contributed by atoms with Gasteiger partial charge in [-0.15, -0.1) is 0 Å².